The monoisotopic (exact) mass is 370 g/mol. The lowest BCUT2D eigenvalue weighted by atomic mass is 9.96. The summed E-state index contributed by atoms with van der Waals surface area (Å²) in [7, 11) is 2.20. The molecule has 0 amide bonds. The van der Waals surface area contributed by atoms with Crippen molar-refractivity contribution in [3.05, 3.63) is 45.2 Å². The predicted octanol–water partition coefficient (Wildman–Crippen LogP) is 2.14. The third-order valence-electron chi connectivity index (χ3n) is 4.81. The summed E-state index contributed by atoms with van der Waals surface area (Å²) in [5, 5.41) is 13.3. The summed E-state index contributed by atoms with van der Waals surface area (Å²) < 4.78 is 0.697. The molecule has 5 heterocycles. The Balaban J connectivity index is 2.00. The maximum Gasteiger partial charge on any atom is 0.252 e. The zero-order chi connectivity index (χ0) is 17.1. The number of aromatic hydroxyl groups is 1. The molecule has 1 atom stereocenters. The molecule has 4 aromatic heterocycles. The van der Waals surface area contributed by atoms with Crippen LogP contribution < -0.4 is 10.5 Å². The molecule has 0 saturated heterocycles. The van der Waals surface area contributed by atoms with E-state index in [4.69, 9.17) is 4.98 Å². The minimum Gasteiger partial charge on any atom is -0.506 e. The van der Waals surface area contributed by atoms with Gasteiger partial charge in [0.1, 0.15) is 17.1 Å². The summed E-state index contributed by atoms with van der Waals surface area (Å²) in [5.74, 6) is 0.0274. The van der Waals surface area contributed by atoms with E-state index in [0.29, 0.717) is 10.2 Å². The molecular formula is C18H16N3O2S2+. The van der Waals surface area contributed by atoms with E-state index in [2.05, 4.69) is 23.5 Å². The lowest BCUT2D eigenvalue weighted by molar-refractivity contribution is -0.895. The van der Waals surface area contributed by atoms with Gasteiger partial charge in [0.15, 0.2) is 0 Å². The van der Waals surface area contributed by atoms with E-state index in [0.717, 1.165) is 35.4 Å². The predicted molar refractivity (Wildman–Crippen MR) is 102 cm³/mol. The van der Waals surface area contributed by atoms with Crippen LogP contribution in [0.15, 0.2) is 28.4 Å². The Morgan fingerprint density at radius 2 is 2.28 bits per heavy atom. The molecule has 0 radical (unpaired) electrons. The number of thiophene rings is 2. The van der Waals surface area contributed by atoms with Gasteiger partial charge in [0.2, 0.25) is 0 Å². The molecule has 3 N–H and O–H groups in total. The first-order valence-corrected chi connectivity index (χ1v) is 9.87. The highest BCUT2D eigenvalue weighted by Gasteiger charge is 2.27. The van der Waals surface area contributed by atoms with Gasteiger partial charge in [0.25, 0.3) is 5.56 Å². The first-order valence-electron chi connectivity index (χ1n) is 8.17. The Kier molecular flexibility index (Phi) is 3.25. The molecule has 0 aliphatic carbocycles. The maximum atomic E-state index is 12.0. The Morgan fingerprint density at radius 3 is 3.08 bits per heavy atom. The van der Waals surface area contributed by atoms with E-state index < -0.39 is 0 Å². The lowest BCUT2D eigenvalue weighted by Crippen LogP contribution is -3.08. The van der Waals surface area contributed by atoms with Gasteiger partial charge in [-0.3, -0.25) is 4.79 Å². The van der Waals surface area contributed by atoms with Crippen LogP contribution in [0.5, 0.6) is 5.75 Å². The fraction of sp³-hybridized carbons (Fsp3) is 0.222. The van der Waals surface area contributed by atoms with E-state index >= 15 is 0 Å². The second-order valence-corrected chi connectivity index (χ2v) is 8.48. The van der Waals surface area contributed by atoms with Crippen LogP contribution in [-0.2, 0) is 13.0 Å². The van der Waals surface area contributed by atoms with E-state index in [-0.39, 0.29) is 11.3 Å². The standard InChI is InChI=1S/C18H15N3O2S2/c1-21-5-4-10-9(8-21)14(12-3-2-6-24-12)15-16-17(25-18(15)19-10)11(22)7-13(23)20-16/h2-3,6-7H,4-5,8H2,1H3,(H2,20,22,23)/p+1. The summed E-state index contributed by atoms with van der Waals surface area (Å²) in [6.45, 7) is 1.99. The van der Waals surface area contributed by atoms with Crippen molar-refractivity contribution in [3.63, 3.8) is 0 Å². The number of hydrogen-bond acceptors (Lipinski definition) is 5. The van der Waals surface area contributed by atoms with Gasteiger partial charge in [-0.05, 0) is 11.4 Å². The summed E-state index contributed by atoms with van der Waals surface area (Å²) >= 11 is 3.15. The number of fused-ring (bicyclic) bond motifs is 4. The summed E-state index contributed by atoms with van der Waals surface area (Å²) in [6.07, 6.45) is 0.951. The van der Waals surface area contributed by atoms with Gasteiger partial charge >= 0.3 is 0 Å². The van der Waals surface area contributed by atoms with Crippen molar-refractivity contribution in [2.24, 2.45) is 0 Å². The number of pyridine rings is 2. The molecule has 4 aromatic rings. The number of rotatable bonds is 1. The van der Waals surface area contributed by atoms with Crippen molar-refractivity contribution in [1.29, 1.82) is 0 Å². The molecule has 1 aliphatic heterocycles. The normalized spacial score (nSPS) is 17.2. The van der Waals surface area contributed by atoms with Gasteiger partial charge in [0.05, 0.1) is 29.5 Å². The third kappa shape index (κ3) is 2.23. The van der Waals surface area contributed by atoms with E-state index in [9.17, 15) is 9.90 Å². The molecule has 1 unspecified atom stereocenters. The highest BCUT2D eigenvalue weighted by atomic mass is 32.1. The molecule has 5 rings (SSSR count). The molecule has 7 heteroatoms. The Bertz CT molecular complexity index is 1170. The summed E-state index contributed by atoms with van der Waals surface area (Å²) in [4.78, 5) is 23.3. The van der Waals surface area contributed by atoms with Crippen LogP contribution >= 0.6 is 22.7 Å². The zero-order valence-corrected chi connectivity index (χ0v) is 15.2. The number of likely N-dealkylation sites (N-methyl/N-ethyl adjacent to an activating group) is 1. The first-order chi connectivity index (χ1) is 12.1. The van der Waals surface area contributed by atoms with Crippen LogP contribution in [0.3, 0.4) is 0 Å². The van der Waals surface area contributed by atoms with Gasteiger partial charge in [-0.2, -0.15) is 0 Å². The van der Waals surface area contributed by atoms with Crippen LogP contribution in [0.4, 0.5) is 0 Å². The molecule has 0 fully saturated rings. The van der Waals surface area contributed by atoms with E-state index in [1.54, 1.807) is 11.3 Å². The number of quaternary nitrogens is 1. The second kappa shape index (κ2) is 5.39. The number of aromatic nitrogens is 2. The third-order valence-corrected chi connectivity index (χ3v) is 6.80. The van der Waals surface area contributed by atoms with Gasteiger partial charge in [-0.25, -0.2) is 4.98 Å². The number of H-pyrrole nitrogens is 1. The maximum absolute atomic E-state index is 12.0. The van der Waals surface area contributed by atoms with Gasteiger partial charge in [-0.15, -0.1) is 22.7 Å². The Hall–Kier alpha value is -2.22. The zero-order valence-electron chi connectivity index (χ0n) is 13.5. The minimum atomic E-state index is -0.290. The second-order valence-electron chi connectivity index (χ2n) is 6.53. The van der Waals surface area contributed by atoms with Crippen LogP contribution in [0.1, 0.15) is 11.3 Å². The summed E-state index contributed by atoms with van der Waals surface area (Å²) in [6, 6.07) is 5.40. The van der Waals surface area contributed by atoms with E-state index in [1.165, 1.54) is 38.3 Å². The SMILES string of the molecule is C[NH+]1CCc2nc3sc4c(O)cc(=O)[nH]c4c3c(-c3cccs3)c2C1. The van der Waals surface area contributed by atoms with Crippen molar-refractivity contribution in [1.82, 2.24) is 9.97 Å². The molecule has 0 saturated carbocycles. The molecule has 25 heavy (non-hydrogen) atoms. The average molecular weight is 370 g/mol. The quantitative estimate of drug-likeness (QED) is 0.481. The Labute approximate surface area is 151 Å². The number of aromatic amines is 1. The molecule has 0 bridgehead atoms. The van der Waals surface area contributed by atoms with Crippen LogP contribution in [0, 0.1) is 0 Å². The van der Waals surface area contributed by atoms with Gasteiger partial charge in [0, 0.05) is 33.9 Å². The highest BCUT2D eigenvalue weighted by Crippen LogP contribution is 2.44. The highest BCUT2D eigenvalue weighted by molar-refractivity contribution is 7.26. The smallest absolute Gasteiger partial charge is 0.252 e. The summed E-state index contributed by atoms with van der Waals surface area (Å²) in [5.41, 5.74) is 3.99. The molecule has 0 spiro atoms. The number of hydrogen-bond donors (Lipinski definition) is 3. The van der Waals surface area contributed by atoms with Crippen molar-refractivity contribution in [2.75, 3.05) is 13.6 Å². The van der Waals surface area contributed by atoms with Gasteiger partial charge in [-0.1, -0.05) is 6.07 Å². The van der Waals surface area contributed by atoms with Crippen molar-refractivity contribution in [2.45, 2.75) is 13.0 Å². The van der Waals surface area contributed by atoms with Crippen LogP contribution in [0.25, 0.3) is 30.9 Å². The average Bonchev–Trinajstić information content (AvgIpc) is 3.21. The first kappa shape index (κ1) is 15.1. The molecule has 126 valence electrons. The fourth-order valence-corrected chi connectivity index (χ4v) is 5.55. The molecule has 5 nitrogen and oxygen atoms in total. The lowest BCUT2D eigenvalue weighted by Gasteiger charge is -2.24. The molecule has 0 aromatic carbocycles. The van der Waals surface area contributed by atoms with Crippen LogP contribution in [-0.4, -0.2) is 28.7 Å². The van der Waals surface area contributed by atoms with Crippen molar-refractivity contribution in [3.8, 4) is 16.2 Å². The van der Waals surface area contributed by atoms with Crippen molar-refractivity contribution >= 4 is 43.1 Å². The largest absolute Gasteiger partial charge is 0.506 e. The number of nitrogens with one attached hydrogen (secondary N) is 2. The molecular weight excluding hydrogens is 354 g/mol. The van der Waals surface area contributed by atoms with Crippen molar-refractivity contribution < 1.29 is 10.0 Å². The van der Waals surface area contributed by atoms with E-state index in [1.807, 2.05) is 6.07 Å². The minimum absolute atomic E-state index is 0.0274. The Morgan fingerprint density at radius 1 is 1.40 bits per heavy atom. The topological polar surface area (TPSA) is 70.4 Å². The molecule has 1 aliphatic rings. The van der Waals surface area contributed by atoms with Gasteiger partial charge < -0.3 is 15.0 Å². The number of nitrogens with zero attached hydrogens (tertiary/aromatic N) is 1. The fourth-order valence-electron chi connectivity index (χ4n) is 3.68. The van der Waals surface area contributed by atoms with Crippen LogP contribution in [0.2, 0.25) is 0 Å².